The van der Waals surface area contributed by atoms with Crippen LogP contribution in [-0.4, -0.2) is 4.57 Å². The van der Waals surface area contributed by atoms with Crippen molar-refractivity contribution in [1.29, 1.82) is 0 Å². The molecule has 0 unspecified atom stereocenters. The lowest BCUT2D eigenvalue weighted by Crippen LogP contribution is -1.99. The SMILES string of the molecule is Nc1ccc2c(ccn2Cc2cccc(F)c2Cl)c1. The van der Waals surface area contributed by atoms with Gasteiger partial charge < -0.3 is 10.3 Å². The van der Waals surface area contributed by atoms with E-state index in [2.05, 4.69) is 0 Å². The number of nitrogen functional groups attached to an aromatic ring is 1. The van der Waals surface area contributed by atoms with Crippen molar-refractivity contribution in [3.8, 4) is 0 Å². The van der Waals surface area contributed by atoms with Crippen LogP contribution in [0.4, 0.5) is 10.1 Å². The second-order valence-electron chi connectivity index (χ2n) is 4.47. The Kier molecular flexibility index (Phi) is 2.91. The van der Waals surface area contributed by atoms with Crippen LogP contribution >= 0.6 is 11.6 Å². The smallest absolute Gasteiger partial charge is 0.142 e. The Bertz CT molecular complexity index is 749. The van der Waals surface area contributed by atoms with Crippen molar-refractivity contribution in [2.75, 3.05) is 5.73 Å². The molecular weight excluding hydrogens is 263 g/mol. The van der Waals surface area contributed by atoms with Gasteiger partial charge in [0.15, 0.2) is 0 Å². The van der Waals surface area contributed by atoms with Crippen LogP contribution in [0.5, 0.6) is 0 Å². The summed E-state index contributed by atoms with van der Waals surface area (Å²) in [4.78, 5) is 0. The van der Waals surface area contributed by atoms with Crippen LogP contribution in [-0.2, 0) is 6.54 Å². The first-order valence-corrected chi connectivity index (χ1v) is 6.30. The molecule has 0 saturated carbocycles. The number of anilines is 1. The summed E-state index contributed by atoms with van der Waals surface area (Å²) < 4.78 is 15.4. The monoisotopic (exact) mass is 274 g/mol. The molecule has 0 spiro atoms. The van der Waals surface area contributed by atoms with Gasteiger partial charge in [0.2, 0.25) is 0 Å². The van der Waals surface area contributed by atoms with Crippen molar-refractivity contribution in [3.05, 3.63) is 65.1 Å². The molecule has 3 aromatic rings. The number of fused-ring (bicyclic) bond motifs is 1. The van der Waals surface area contributed by atoms with Crippen LogP contribution in [0.15, 0.2) is 48.7 Å². The quantitative estimate of drug-likeness (QED) is 0.702. The molecule has 0 saturated heterocycles. The van der Waals surface area contributed by atoms with Crippen molar-refractivity contribution in [2.24, 2.45) is 0 Å². The molecule has 0 bridgehead atoms. The van der Waals surface area contributed by atoms with E-state index in [4.69, 9.17) is 17.3 Å². The largest absolute Gasteiger partial charge is 0.399 e. The van der Waals surface area contributed by atoms with Crippen LogP contribution in [0, 0.1) is 5.82 Å². The van der Waals surface area contributed by atoms with Gasteiger partial charge in [0.05, 0.1) is 5.02 Å². The lowest BCUT2D eigenvalue weighted by Gasteiger charge is -2.08. The molecule has 1 heterocycles. The van der Waals surface area contributed by atoms with E-state index >= 15 is 0 Å². The molecule has 0 atom stereocenters. The van der Waals surface area contributed by atoms with Gasteiger partial charge in [0.1, 0.15) is 5.82 Å². The third-order valence-electron chi connectivity index (χ3n) is 3.17. The minimum atomic E-state index is -0.389. The minimum Gasteiger partial charge on any atom is -0.399 e. The molecule has 0 aliphatic heterocycles. The molecule has 1 aromatic heterocycles. The fraction of sp³-hybridized carbons (Fsp3) is 0.0667. The van der Waals surface area contributed by atoms with Gasteiger partial charge in [0.25, 0.3) is 0 Å². The highest BCUT2D eigenvalue weighted by Gasteiger charge is 2.08. The van der Waals surface area contributed by atoms with Crippen molar-refractivity contribution < 1.29 is 4.39 Å². The summed E-state index contributed by atoms with van der Waals surface area (Å²) >= 11 is 5.98. The van der Waals surface area contributed by atoms with E-state index in [-0.39, 0.29) is 10.8 Å². The number of benzene rings is 2. The topological polar surface area (TPSA) is 30.9 Å². The normalized spacial score (nSPS) is 11.1. The van der Waals surface area contributed by atoms with E-state index < -0.39 is 0 Å². The Morgan fingerprint density at radius 1 is 1.16 bits per heavy atom. The molecule has 96 valence electrons. The van der Waals surface area contributed by atoms with E-state index in [0.717, 1.165) is 22.2 Å². The number of aromatic nitrogens is 1. The second kappa shape index (κ2) is 4.59. The summed E-state index contributed by atoms with van der Waals surface area (Å²) in [7, 11) is 0. The average Bonchev–Trinajstić information content (AvgIpc) is 2.77. The molecule has 2 aromatic carbocycles. The number of nitrogens with two attached hydrogens (primary N) is 1. The molecule has 19 heavy (non-hydrogen) atoms. The molecule has 2 nitrogen and oxygen atoms in total. The first-order chi connectivity index (χ1) is 9.15. The lowest BCUT2D eigenvalue weighted by atomic mass is 10.2. The highest BCUT2D eigenvalue weighted by atomic mass is 35.5. The number of nitrogens with zero attached hydrogens (tertiary/aromatic N) is 1. The molecular formula is C15H12ClFN2. The maximum atomic E-state index is 13.4. The Labute approximate surface area is 115 Å². The molecule has 0 aliphatic rings. The second-order valence-corrected chi connectivity index (χ2v) is 4.85. The van der Waals surface area contributed by atoms with Gasteiger partial charge in [-0.2, -0.15) is 0 Å². The van der Waals surface area contributed by atoms with Gasteiger partial charge in [-0.25, -0.2) is 4.39 Å². The predicted molar refractivity (Wildman–Crippen MR) is 76.9 cm³/mol. The Morgan fingerprint density at radius 3 is 2.84 bits per heavy atom. The maximum Gasteiger partial charge on any atom is 0.142 e. The summed E-state index contributed by atoms with van der Waals surface area (Å²) in [6.45, 7) is 0.532. The number of hydrogen-bond acceptors (Lipinski definition) is 1. The standard InChI is InChI=1S/C15H12ClFN2/c16-15-11(2-1-3-13(15)17)9-19-7-6-10-8-12(18)4-5-14(10)19/h1-8H,9,18H2. The van der Waals surface area contributed by atoms with Crippen molar-refractivity contribution in [3.63, 3.8) is 0 Å². The highest BCUT2D eigenvalue weighted by Crippen LogP contribution is 2.24. The summed E-state index contributed by atoms with van der Waals surface area (Å²) in [6, 6.07) is 12.6. The molecule has 0 fully saturated rings. The van der Waals surface area contributed by atoms with Crippen molar-refractivity contribution >= 4 is 28.2 Å². The molecule has 2 N–H and O–H groups in total. The van der Waals surface area contributed by atoms with E-state index in [1.54, 1.807) is 6.07 Å². The van der Waals surface area contributed by atoms with E-state index in [1.165, 1.54) is 6.07 Å². The Balaban J connectivity index is 2.04. The summed E-state index contributed by atoms with van der Waals surface area (Å²) in [5.41, 5.74) is 8.29. The zero-order valence-electron chi connectivity index (χ0n) is 10.1. The van der Waals surface area contributed by atoms with Crippen molar-refractivity contribution in [1.82, 2.24) is 4.57 Å². The number of hydrogen-bond donors (Lipinski definition) is 1. The van der Waals surface area contributed by atoms with Crippen LogP contribution < -0.4 is 5.73 Å². The van der Waals surface area contributed by atoms with Crippen molar-refractivity contribution in [2.45, 2.75) is 6.54 Å². The Morgan fingerprint density at radius 2 is 2.00 bits per heavy atom. The highest BCUT2D eigenvalue weighted by molar-refractivity contribution is 6.31. The summed E-state index contributed by atoms with van der Waals surface area (Å²) in [5.74, 6) is -0.389. The maximum absolute atomic E-state index is 13.4. The van der Waals surface area contributed by atoms with Gasteiger partial charge in [-0.1, -0.05) is 23.7 Å². The minimum absolute atomic E-state index is 0.180. The molecule has 0 radical (unpaired) electrons. The molecule has 3 rings (SSSR count). The van der Waals surface area contributed by atoms with Gasteiger partial charge in [-0.05, 0) is 35.9 Å². The lowest BCUT2D eigenvalue weighted by molar-refractivity contribution is 0.624. The fourth-order valence-electron chi connectivity index (χ4n) is 2.21. The van der Waals surface area contributed by atoms with Crippen LogP contribution in [0.1, 0.15) is 5.56 Å². The number of rotatable bonds is 2. The Hall–Kier alpha value is -2.00. The molecule has 4 heteroatoms. The first kappa shape index (κ1) is 12.1. The number of halogens is 2. The predicted octanol–water partition coefficient (Wildman–Crippen LogP) is 4.06. The van der Waals surface area contributed by atoms with Gasteiger partial charge >= 0.3 is 0 Å². The molecule has 0 amide bonds. The van der Waals surface area contributed by atoms with E-state index in [0.29, 0.717) is 6.54 Å². The fourth-order valence-corrected chi connectivity index (χ4v) is 2.40. The zero-order chi connectivity index (χ0) is 13.4. The van der Waals surface area contributed by atoms with E-state index in [1.807, 2.05) is 41.1 Å². The summed E-state index contributed by atoms with van der Waals surface area (Å²) in [5, 5.41) is 1.24. The zero-order valence-corrected chi connectivity index (χ0v) is 10.9. The van der Waals surface area contributed by atoms with Gasteiger partial charge in [-0.15, -0.1) is 0 Å². The van der Waals surface area contributed by atoms with E-state index in [9.17, 15) is 4.39 Å². The summed E-state index contributed by atoms with van der Waals surface area (Å²) in [6.07, 6.45) is 1.95. The van der Waals surface area contributed by atoms with Crippen LogP contribution in [0.3, 0.4) is 0 Å². The van der Waals surface area contributed by atoms with Crippen LogP contribution in [0.25, 0.3) is 10.9 Å². The first-order valence-electron chi connectivity index (χ1n) is 5.92. The third-order valence-corrected chi connectivity index (χ3v) is 3.59. The van der Waals surface area contributed by atoms with Crippen LogP contribution in [0.2, 0.25) is 5.02 Å². The van der Waals surface area contributed by atoms with Gasteiger partial charge in [0, 0.05) is 29.3 Å². The molecule has 0 aliphatic carbocycles. The average molecular weight is 275 g/mol. The van der Waals surface area contributed by atoms with Gasteiger partial charge in [-0.3, -0.25) is 0 Å². The third kappa shape index (κ3) is 2.17.